The molecule has 1 aliphatic heterocycles. The predicted octanol–water partition coefficient (Wildman–Crippen LogP) is 1.40. The number of carbonyl (C=O) groups is 1. The molecule has 1 N–H and O–H groups in total. The summed E-state index contributed by atoms with van der Waals surface area (Å²) in [4.78, 5) is 11.1. The van der Waals surface area contributed by atoms with Crippen molar-refractivity contribution in [3.8, 4) is 0 Å². The molecule has 0 aromatic carbocycles. The Hall–Kier alpha value is -1.05. The van der Waals surface area contributed by atoms with E-state index in [1.165, 1.54) is 12.0 Å². The van der Waals surface area contributed by atoms with Crippen LogP contribution in [0.3, 0.4) is 0 Å². The van der Waals surface area contributed by atoms with Gasteiger partial charge in [-0.3, -0.25) is 4.79 Å². The first-order valence-electron chi connectivity index (χ1n) is 4.52. The monoisotopic (exact) mass is 163 g/mol. The maximum atomic E-state index is 11.1. The van der Waals surface area contributed by atoms with E-state index >= 15 is 0 Å². The van der Waals surface area contributed by atoms with Gasteiger partial charge in [0.25, 0.3) is 0 Å². The maximum absolute atomic E-state index is 11.1. The Morgan fingerprint density at radius 2 is 2.33 bits per heavy atom. The molecule has 0 saturated heterocycles. The molecule has 1 atom stereocenters. The molecule has 2 aliphatic rings. The normalized spacial score (nSPS) is 28.5. The topological polar surface area (TPSA) is 29.1 Å². The molecule has 2 nitrogen and oxygen atoms in total. The van der Waals surface area contributed by atoms with Gasteiger partial charge in [-0.25, -0.2) is 0 Å². The molecule has 0 aromatic rings. The van der Waals surface area contributed by atoms with Crippen molar-refractivity contribution in [2.45, 2.75) is 19.3 Å². The zero-order chi connectivity index (χ0) is 8.39. The lowest BCUT2D eigenvalue weighted by atomic mass is 9.87. The van der Waals surface area contributed by atoms with Crippen LogP contribution in [0, 0.1) is 5.92 Å². The number of hydrogen-bond acceptors (Lipinski definition) is 1. The van der Waals surface area contributed by atoms with Gasteiger partial charge in [-0.05, 0) is 30.8 Å². The quantitative estimate of drug-likeness (QED) is 0.574. The number of carbonyl (C=O) groups excluding carboxylic acids is 1. The van der Waals surface area contributed by atoms with Gasteiger partial charge in [-0.15, -0.1) is 0 Å². The second-order valence-electron chi connectivity index (χ2n) is 3.40. The van der Waals surface area contributed by atoms with Crippen LogP contribution in [0.4, 0.5) is 0 Å². The van der Waals surface area contributed by atoms with E-state index in [1.807, 2.05) is 0 Å². The third-order valence-electron chi connectivity index (χ3n) is 2.55. The van der Waals surface area contributed by atoms with Gasteiger partial charge in [-0.1, -0.05) is 12.2 Å². The first-order valence-corrected chi connectivity index (χ1v) is 4.52. The summed E-state index contributed by atoms with van der Waals surface area (Å²) in [7, 11) is 0. The SMILES string of the molecule is O=C1C=C2C=CCCC2CCN1. The molecule has 1 unspecified atom stereocenters. The fraction of sp³-hybridized carbons (Fsp3) is 0.500. The molecule has 0 spiro atoms. The first-order chi connectivity index (χ1) is 5.86. The average Bonchev–Trinajstić information content (AvgIpc) is 2.25. The Balaban J connectivity index is 2.25. The Kier molecular flexibility index (Phi) is 1.98. The van der Waals surface area contributed by atoms with Gasteiger partial charge in [-0.2, -0.15) is 0 Å². The van der Waals surface area contributed by atoms with Gasteiger partial charge in [0.1, 0.15) is 0 Å². The third kappa shape index (κ3) is 1.42. The van der Waals surface area contributed by atoms with Crippen LogP contribution < -0.4 is 5.32 Å². The van der Waals surface area contributed by atoms with Crippen molar-refractivity contribution in [2.75, 3.05) is 6.54 Å². The zero-order valence-electron chi connectivity index (χ0n) is 7.05. The second-order valence-corrected chi connectivity index (χ2v) is 3.40. The molecule has 1 aliphatic carbocycles. The summed E-state index contributed by atoms with van der Waals surface area (Å²) in [6, 6.07) is 0. The molecule has 0 bridgehead atoms. The number of hydrogen-bond donors (Lipinski definition) is 1. The Morgan fingerprint density at radius 3 is 3.25 bits per heavy atom. The van der Waals surface area contributed by atoms with Crippen molar-refractivity contribution in [3.63, 3.8) is 0 Å². The summed E-state index contributed by atoms with van der Waals surface area (Å²) >= 11 is 0. The van der Waals surface area contributed by atoms with E-state index in [-0.39, 0.29) is 5.91 Å². The fourth-order valence-electron chi connectivity index (χ4n) is 1.87. The van der Waals surface area contributed by atoms with Gasteiger partial charge in [0.15, 0.2) is 0 Å². The second kappa shape index (κ2) is 3.13. The lowest BCUT2D eigenvalue weighted by Gasteiger charge is -2.18. The molecule has 0 fully saturated rings. The lowest BCUT2D eigenvalue weighted by molar-refractivity contribution is -0.116. The van der Waals surface area contributed by atoms with Gasteiger partial charge < -0.3 is 5.32 Å². The molecule has 1 amide bonds. The summed E-state index contributed by atoms with van der Waals surface area (Å²) in [5, 5.41) is 2.85. The summed E-state index contributed by atoms with van der Waals surface area (Å²) < 4.78 is 0. The van der Waals surface area contributed by atoms with E-state index in [4.69, 9.17) is 0 Å². The molecular formula is C10H13NO. The minimum Gasteiger partial charge on any atom is -0.353 e. The highest BCUT2D eigenvalue weighted by atomic mass is 16.1. The lowest BCUT2D eigenvalue weighted by Crippen LogP contribution is -2.20. The van der Waals surface area contributed by atoms with Crippen LogP contribution in [0.5, 0.6) is 0 Å². The summed E-state index contributed by atoms with van der Waals surface area (Å²) in [6.07, 6.45) is 9.46. The van der Waals surface area contributed by atoms with Crippen molar-refractivity contribution in [2.24, 2.45) is 5.92 Å². The molecule has 2 rings (SSSR count). The maximum Gasteiger partial charge on any atom is 0.244 e. The van der Waals surface area contributed by atoms with Crippen molar-refractivity contribution in [3.05, 3.63) is 23.8 Å². The van der Waals surface area contributed by atoms with Crippen LogP contribution in [-0.2, 0) is 4.79 Å². The Labute approximate surface area is 72.3 Å². The van der Waals surface area contributed by atoms with Gasteiger partial charge >= 0.3 is 0 Å². The van der Waals surface area contributed by atoms with E-state index < -0.39 is 0 Å². The summed E-state index contributed by atoms with van der Waals surface area (Å²) in [6.45, 7) is 0.831. The highest BCUT2D eigenvalue weighted by molar-refractivity contribution is 5.89. The van der Waals surface area contributed by atoms with E-state index in [2.05, 4.69) is 17.5 Å². The molecule has 0 saturated carbocycles. The first kappa shape index (κ1) is 7.59. The molecule has 64 valence electrons. The molecule has 0 radical (unpaired) electrons. The Morgan fingerprint density at radius 1 is 1.42 bits per heavy atom. The van der Waals surface area contributed by atoms with Crippen LogP contribution in [0.15, 0.2) is 23.8 Å². The van der Waals surface area contributed by atoms with Crippen LogP contribution in [0.25, 0.3) is 0 Å². The minimum atomic E-state index is 0.0686. The van der Waals surface area contributed by atoms with Gasteiger partial charge in [0.2, 0.25) is 5.91 Å². The van der Waals surface area contributed by atoms with Crippen molar-refractivity contribution in [1.82, 2.24) is 5.32 Å². The van der Waals surface area contributed by atoms with Gasteiger partial charge in [0.05, 0.1) is 0 Å². The van der Waals surface area contributed by atoms with Crippen LogP contribution >= 0.6 is 0 Å². The molecule has 0 aromatic heterocycles. The number of amides is 1. The standard InChI is InChI=1S/C10H13NO/c12-10-7-9-4-2-1-3-8(9)5-6-11-10/h2,4,7-8H,1,3,5-6H2,(H,11,12). The van der Waals surface area contributed by atoms with Crippen LogP contribution in [0.1, 0.15) is 19.3 Å². The Bertz CT molecular complexity index is 253. The van der Waals surface area contributed by atoms with Crippen LogP contribution in [-0.4, -0.2) is 12.5 Å². The fourth-order valence-corrected chi connectivity index (χ4v) is 1.87. The van der Waals surface area contributed by atoms with Crippen molar-refractivity contribution < 1.29 is 4.79 Å². The number of allylic oxidation sites excluding steroid dienone is 3. The summed E-state index contributed by atoms with van der Waals surface area (Å²) in [5.74, 6) is 0.688. The molecule has 12 heavy (non-hydrogen) atoms. The highest BCUT2D eigenvalue weighted by Crippen LogP contribution is 2.27. The van der Waals surface area contributed by atoms with Crippen molar-refractivity contribution >= 4 is 5.91 Å². The van der Waals surface area contributed by atoms with Crippen LogP contribution in [0.2, 0.25) is 0 Å². The molecule has 2 heteroatoms. The summed E-state index contributed by atoms with van der Waals surface area (Å²) in [5.41, 5.74) is 1.22. The zero-order valence-corrected chi connectivity index (χ0v) is 7.05. The molecular weight excluding hydrogens is 150 g/mol. The van der Waals surface area contributed by atoms with Gasteiger partial charge in [0, 0.05) is 12.6 Å². The number of fused-ring (bicyclic) bond motifs is 1. The van der Waals surface area contributed by atoms with E-state index in [1.54, 1.807) is 6.08 Å². The van der Waals surface area contributed by atoms with Crippen molar-refractivity contribution in [1.29, 1.82) is 0 Å². The number of nitrogens with one attached hydrogen (secondary N) is 1. The number of rotatable bonds is 0. The van der Waals surface area contributed by atoms with E-state index in [0.717, 1.165) is 19.4 Å². The minimum absolute atomic E-state index is 0.0686. The largest absolute Gasteiger partial charge is 0.353 e. The third-order valence-corrected chi connectivity index (χ3v) is 2.55. The highest BCUT2D eigenvalue weighted by Gasteiger charge is 2.18. The molecule has 1 heterocycles. The van der Waals surface area contributed by atoms with E-state index in [9.17, 15) is 4.79 Å². The average molecular weight is 163 g/mol. The smallest absolute Gasteiger partial charge is 0.244 e. The predicted molar refractivity (Wildman–Crippen MR) is 47.6 cm³/mol. The van der Waals surface area contributed by atoms with E-state index in [0.29, 0.717) is 5.92 Å².